The molecule has 1 aromatic carbocycles. The summed E-state index contributed by atoms with van der Waals surface area (Å²) in [5.74, 6) is -1.64. The van der Waals surface area contributed by atoms with Crippen molar-refractivity contribution in [3.05, 3.63) is 35.1 Å². The second-order valence-electron chi connectivity index (χ2n) is 6.29. The number of carbonyl (C=O) groups excluding carboxylic acids is 1. The first-order chi connectivity index (χ1) is 10.7. The number of hydrogen-bond donors (Lipinski definition) is 1. The Labute approximate surface area is 135 Å². The third-order valence-electron chi connectivity index (χ3n) is 3.60. The second-order valence-corrected chi connectivity index (χ2v) is 7.30. The lowest BCUT2D eigenvalue weighted by molar-refractivity contribution is -0.117. The summed E-state index contributed by atoms with van der Waals surface area (Å²) in [5.41, 5.74) is -0.0947. The summed E-state index contributed by atoms with van der Waals surface area (Å²) < 4.78 is 27.1. The Morgan fingerprint density at radius 3 is 2.78 bits per heavy atom. The van der Waals surface area contributed by atoms with Gasteiger partial charge in [-0.1, -0.05) is 25.2 Å². The number of aliphatic hydroxyl groups is 1. The van der Waals surface area contributed by atoms with Gasteiger partial charge in [0.25, 0.3) is 0 Å². The van der Waals surface area contributed by atoms with E-state index in [-0.39, 0.29) is 33.2 Å². The van der Waals surface area contributed by atoms with Gasteiger partial charge in [0.1, 0.15) is 17.1 Å². The number of aliphatic hydroxyl groups excluding tert-OH is 1. The molecule has 23 heavy (non-hydrogen) atoms. The number of aromatic nitrogens is 1. The van der Waals surface area contributed by atoms with E-state index in [2.05, 4.69) is 9.98 Å². The Morgan fingerprint density at radius 1 is 1.35 bits per heavy atom. The zero-order valence-electron chi connectivity index (χ0n) is 12.6. The highest BCUT2D eigenvalue weighted by Crippen LogP contribution is 2.36. The zero-order chi connectivity index (χ0) is 16.8. The van der Waals surface area contributed by atoms with Gasteiger partial charge >= 0.3 is 0 Å². The smallest absolute Gasteiger partial charge is 0.210 e. The molecule has 0 unspecified atom stereocenters. The van der Waals surface area contributed by atoms with Crippen LogP contribution in [0, 0.1) is 17.0 Å². The minimum absolute atomic E-state index is 0.00617. The lowest BCUT2D eigenvalue weighted by Gasteiger charge is -2.28. The SMILES string of the molecule is CC1(C)CC(=O)C(C=Nc2nc3c(F)cc(F)cc3s2)=C(O)C1. The van der Waals surface area contributed by atoms with Crippen molar-refractivity contribution in [3.8, 4) is 0 Å². The van der Waals surface area contributed by atoms with Gasteiger partial charge in [-0.05, 0) is 11.5 Å². The van der Waals surface area contributed by atoms with E-state index < -0.39 is 11.6 Å². The van der Waals surface area contributed by atoms with Gasteiger partial charge in [-0.3, -0.25) is 4.79 Å². The van der Waals surface area contributed by atoms with E-state index in [9.17, 15) is 18.7 Å². The molecular weight excluding hydrogens is 322 g/mol. The number of halogens is 2. The minimum atomic E-state index is -0.754. The molecule has 1 aliphatic rings. The number of benzene rings is 1. The molecule has 0 saturated heterocycles. The van der Waals surface area contributed by atoms with Crippen molar-refractivity contribution in [2.75, 3.05) is 0 Å². The van der Waals surface area contributed by atoms with E-state index in [0.717, 1.165) is 17.4 Å². The van der Waals surface area contributed by atoms with Crippen molar-refractivity contribution in [2.45, 2.75) is 26.7 Å². The molecule has 3 rings (SSSR count). The number of carbonyl (C=O) groups is 1. The van der Waals surface area contributed by atoms with Gasteiger partial charge in [0.15, 0.2) is 11.6 Å². The second kappa shape index (κ2) is 5.49. The number of nitrogens with zero attached hydrogens (tertiary/aromatic N) is 2. The molecule has 1 aromatic heterocycles. The molecule has 4 nitrogen and oxygen atoms in total. The van der Waals surface area contributed by atoms with Crippen molar-refractivity contribution >= 4 is 38.7 Å². The van der Waals surface area contributed by atoms with Gasteiger partial charge in [0, 0.05) is 25.1 Å². The molecule has 120 valence electrons. The van der Waals surface area contributed by atoms with E-state index in [1.165, 1.54) is 12.3 Å². The molecule has 2 aromatic rings. The predicted octanol–water partition coefficient (Wildman–Crippen LogP) is 4.48. The van der Waals surface area contributed by atoms with Crippen LogP contribution < -0.4 is 0 Å². The highest BCUT2D eigenvalue weighted by molar-refractivity contribution is 7.22. The molecule has 0 aliphatic heterocycles. The number of ketones is 1. The summed E-state index contributed by atoms with van der Waals surface area (Å²) in [6.45, 7) is 3.81. The molecular formula is C16H14F2N2O2S. The molecule has 0 bridgehead atoms. The number of hydrogen-bond acceptors (Lipinski definition) is 5. The Bertz CT molecular complexity index is 868. The molecule has 1 N–H and O–H groups in total. The van der Waals surface area contributed by atoms with Crippen LogP contribution in [0.2, 0.25) is 0 Å². The van der Waals surface area contributed by atoms with Gasteiger partial charge in [-0.2, -0.15) is 0 Å². The van der Waals surface area contributed by atoms with Crippen LogP contribution >= 0.6 is 11.3 Å². The molecule has 0 radical (unpaired) electrons. The predicted molar refractivity (Wildman–Crippen MR) is 85.4 cm³/mol. The van der Waals surface area contributed by atoms with Crippen molar-refractivity contribution < 1.29 is 18.7 Å². The third kappa shape index (κ3) is 3.14. The summed E-state index contributed by atoms with van der Waals surface area (Å²) in [5, 5.41) is 10.2. The van der Waals surface area contributed by atoms with E-state index in [1.54, 1.807) is 0 Å². The molecule has 0 amide bonds. The Morgan fingerprint density at radius 2 is 2.09 bits per heavy atom. The molecule has 7 heteroatoms. The maximum Gasteiger partial charge on any atom is 0.210 e. The van der Waals surface area contributed by atoms with Crippen LogP contribution in [0.25, 0.3) is 10.2 Å². The number of Topliss-reactive ketones (excluding diaryl/α,β-unsaturated/α-hetero) is 1. The Balaban J connectivity index is 1.94. The highest BCUT2D eigenvalue weighted by atomic mass is 32.1. The molecule has 1 heterocycles. The van der Waals surface area contributed by atoms with Gasteiger partial charge in [0.05, 0.1) is 10.3 Å². The average molecular weight is 336 g/mol. The van der Waals surface area contributed by atoms with Crippen LogP contribution in [-0.2, 0) is 4.79 Å². The number of allylic oxidation sites excluding steroid dienone is 2. The van der Waals surface area contributed by atoms with Crippen LogP contribution in [0.1, 0.15) is 26.7 Å². The quantitative estimate of drug-likeness (QED) is 0.823. The molecule has 0 fully saturated rings. The van der Waals surface area contributed by atoms with E-state index in [0.29, 0.717) is 17.5 Å². The van der Waals surface area contributed by atoms with Crippen LogP contribution in [-0.4, -0.2) is 22.1 Å². The fourth-order valence-electron chi connectivity index (χ4n) is 2.57. The lowest BCUT2D eigenvalue weighted by atomic mass is 9.77. The van der Waals surface area contributed by atoms with E-state index >= 15 is 0 Å². The molecule has 0 spiro atoms. The average Bonchev–Trinajstić information content (AvgIpc) is 2.79. The van der Waals surface area contributed by atoms with Gasteiger partial charge in [0.2, 0.25) is 5.13 Å². The Hall–Kier alpha value is -2.15. The maximum atomic E-state index is 13.6. The summed E-state index contributed by atoms with van der Waals surface area (Å²) in [7, 11) is 0. The standard InChI is InChI=1S/C16H14F2N2O2S/c1-16(2)5-11(21)9(12(22)6-16)7-19-15-20-14-10(18)3-8(17)4-13(14)23-15/h3-4,7,21H,5-6H2,1-2H3. The monoisotopic (exact) mass is 336 g/mol. The molecule has 0 atom stereocenters. The summed E-state index contributed by atoms with van der Waals surface area (Å²) in [6.07, 6.45) is 1.96. The van der Waals surface area contributed by atoms with Crippen LogP contribution in [0.3, 0.4) is 0 Å². The minimum Gasteiger partial charge on any atom is -0.511 e. The van der Waals surface area contributed by atoms with Crippen molar-refractivity contribution in [1.82, 2.24) is 4.98 Å². The number of aliphatic imine (C=N–C) groups is 1. The fraction of sp³-hybridized carbons (Fsp3) is 0.312. The van der Waals surface area contributed by atoms with Crippen LogP contribution in [0.15, 0.2) is 28.5 Å². The first-order valence-electron chi connectivity index (χ1n) is 7.00. The number of fused-ring (bicyclic) bond motifs is 1. The van der Waals surface area contributed by atoms with Crippen molar-refractivity contribution in [2.24, 2.45) is 10.4 Å². The highest BCUT2D eigenvalue weighted by Gasteiger charge is 2.32. The normalized spacial score (nSPS) is 18.3. The number of thiazole rings is 1. The first kappa shape index (κ1) is 15.7. The lowest BCUT2D eigenvalue weighted by Crippen LogP contribution is -2.26. The summed E-state index contributed by atoms with van der Waals surface area (Å²) >= 11 is 1.01. The van der Waals surface area contributed by atoms with Gasteiger partial charge in [-0.15, -0.1) is 0 Å². The van der Waals surface area contributed by atoms with Crippen LogP contribution in [0.4, 0.5) is 13.9 Å². The van der Waals surface area contributed by atoms with Gasteiger partial charge < -0.3 is 5.11 Å². The first-order valence-corrected chi connectivity index (χ1v) is 7.82. The largest absolute Gasteiger partial charge is 0.511 e. The zero-order valence-corrected chi connectivity index (χ0v) is 13.4. The summed E-state index contributed by atoms with van der Waals surface area (Å²) in [4.78, 5) is 20.1. The summed E-state index contributed by atoms with van der Waals surface area (Å²) in [6, 6.07) is 1.94. The molecule has 0 saturated carbocycles. The van der Waals surface area contributed by atoms with E-state index in [4.69, 9.17) is 0 Å². The van der Waals surface area contributed by atoms with Crippen molar-refractivity contribution in [3.63, 3.8) is 0 Å². The van der Waals surface area contributed by atoms with E-state index in [1.807, 2.05) is 13.8 Å². The fourth-order valence-corrected chi connectivity index (χ4v) is 3.42. The Kier molecular flexibility index (Phi) is 3.75. The van der Waals surface area contributed by atoms with Crippen LogP contribution in [0.5, 0.6) is 0 Å². The van der Waals surface area contributed by atoms with Crippen molar-refractivity contribution in [1.29, 1.82) is 0 Å². The van der Waals surface area contributed by atoms with Gasteiger partial charge in [-0.25, -0.2) is 18.8 Å². The molecule has 1 aliphatic carbocycles. The number of rotatable bonds is 2. The topological polar surface area (TPSA) is 62.5 Å². The third-order valence-corrected chi connectivity index (χ3v) is 4.51. The maximum absolute atomic E-state index is 13.6.